The summed E-state index contributed by atoms with van der Waals surface area (Å²) in [5.74, 6) is 1.51. The van der Waals surface area contributed by atoms with Crippen molar-refractivity contribution in [2.45, 2.75) is 32.1 Å². The molecule has 0 aliphatic carbocycles. The summed E-state index contributed by atoms with van der Waals surface area (Å²) in [7, 11) is 1.69. The van der Waals surface area contributed by atoms with Crippen molar-refractivity contribution in [3.63, 3.8) is 0 Å². The van der Waals surface area contributed by atoms with E-state index in [1.54, 1.807) is 18.9 Å². The van der Waals surface area contributed by atoms with Gasteiger partial charge >= 0.3 is 0 Å². The van der Waals surface area contributed by atoms with E-state index in [1.807, 2.05) is 0 Å². The van der Waals surface area contributed by atoms with Crippen molar-refractivity contribution in [3.05, 3.63) is 0 Å². The van der Waals surface area contributed by atoms with Crippen LogP contribution >= 0.6 is 11.8 Å². The molecule has 2 nitrogen and oxygen atoms in total. The lowest BCUT2D eigenvalue weighted by Crippen LogP contribution is -1.99. The van der Waals surface area contributed by atoms with Gasteiger partial charge in [0.15, 0.2) is 0 Å². The minimum Gasteiger partial charge on any atom is -0.385 e. The second-order valence-corrected chi connectivity index (χ2v) is 4.07. The maximum Gasteiger partial charge on any atom is 0.132 e. The normalized spacial score (nSPS) is 10.3. The fourth-order valence-corrected chi connectivity index (χ4v) is 1.54. The topological polar surface area (TPSA) is 26.3 Å². The third-order valence-corrected chi connectivity index (χ3v) is 2.56. The highest BCUT2D eigenvalue weighted by atomic mass is 32.2. The number of carbonyl (C=O) groups excluding carboxylic acids is 1. The molecule has 0 amide bonds. The lowest BCUT2D eigenvalue weighted by atomic mass is 10.1. The molecule has 3 heteroatoms. The number of methoxy groups -OCH3 is 1. The summed E-state index contributed by atoms with van der Waals surface area (Å²) in [4.78, 5) is 11.2. The van der Waals surface area contributed by atoms with E-state index in [-0.39, 0.29) is 0 Å². The van der Waals surface area contributed by atoms with Crippen LogP contribution in [0, 0.1) is 0 Å². The minimum atomic E-state index is 0.408. The molecule has 0 aliphatic rings. The summed E-state index contributed by atoms with van der Waals surface area (Å²) in [6, 6.07) is 0. The van der Waals surface area contributed by atoms with E-state index in [1.165, 1.54) is 0 Å². The van der Waals surface area contributed by atoms with E-state index in [9.17, 15) is 4.79 Å². The molecule has 0 fully saturated rings. The van der Waals surface area contributed by atoms with Gasteiger partial charge in [0.1, 0.15) is 5.78 Å². The monoisotopic (exact) mass is 204 g/mol. The predicted molar refractivity (Wildman–Crippen MR) is 58.4 cm³/mol. The van der Waals surface area contributed by atoms with Gasteiger partial charge in [-0.25, -0.2) is 0 Å². The fraction of sp³-hybridized carbons (Fsp3) is 0.900. The molecule has 0 atom stereocenters. The predicted octanol–water partition coefficient (Wildman–Crippen LogP) is 2.52. The van der Waals surface area contributed by atoms with Crippen molar-refractivity contribution in [1.29, 1.82) is 0 Å². The van der Waals surface area contributed by atoms with Crippen LogP contribution in [-0.2, 0) is 9.53 Å². The number of ether oxygens (including phenoxy) is 1. The van der Waals surface area contributed by atoms with Crippen molar-refractivity contribution in [3.8, 4) is 0 Å². The van der Waals surface area contributed by atoms with Gasteiger partial charge in [0, 0.05) is 26.6 Å². The molecule has 0 saturated carbocycles. The first kappa shape index (κ1) is 13.0. The largest absolute Gasteiger partial charge is 0.385 e. The molecule has 0 spiro atoms. The van der Waals surface area contributed by atoms with Crippen LogP contribution in [0.1, 0.15) is 32.1 Å². The Labute approximate surface area is 85.4 Å². The Hall–Kier alpha value is -0.0200. The average molecular weight is 204 g/mol. The van der Waals surface area contributed by atoms with Gasteiger partial charge in [-0.15, -0.1) is 0 Å². The highest BCUT2D eigenvalue weighted by Crippen LogP contribution is 2.04. The first-order valence-corrected chi connectivity index (χ1v) is 6.20. The molecule has 0 aliphatic heterocycles. The van der Waals surface area contributed by atoms with E-state index in [2.05, 4.69) is 6.26 Å². The molecule has 13 heavy (non-hydrogen) atoms. The second kappa shape index (κ2) is 10.1. The number of hydrogen-bond acceptors (Lipinski definition) is 3. The van der Waals surface area contributed by atoms with Crippen molar-refractivity contribution in [2.24, 2.45) is 0 Å². The first-order chi connectivity index (χ1) is 6.31. The molecule has 78 valence electrons. The van der Waals surface area contributed by atoms with Crippen molar-refractivity contribution in [1.82, 2.24) is 0 Å². The molecule has 0 rings (SSSR count). The zero-order valence-corrected chi connectivity index (χ0v) is 9.49. The minimum absolute atomic E-state index is 0.408. The Bertz CT molecular complexity index is 126. The zero-order chi connectivity index (χ0) is 9.94. The van der Waals surface area contributed by atoms with Crippen molar-refractivity contribution < 1.29 is 9.53 Å². The van der Waals surface area contributed by atoms with Gasteiger partial charge in [0.05, 0.1) is 0 Å². The zero-order valence-electron chi connectivity index (χ0n) is 8.67. The molecular formula is C10H20O2S. The lowest BCUT2D eigenvalue weighted by Gasteiger charge is -2.00. The summed E-state index contributed by atoms with van der Waals surface area (Å²) in [5, 5.41) is 0. The van der Waals surface area contributed by atoms with Crippen LogP contribution in [0.2, 0.25) is 0 Å². The third-order valence-electron chi connectivity index (χ3n) is 1.86. The van der Waals surface area contributed by atoms with Gasteiger partial charge in [0.2, 0.25) is 0 Å². The summed E-state index contributed by atoms with van der Waals surface area (Å²) in [6.45, 7) is 0.776. The van der Waals surface area contributed by atoms with Gasteiger partial charge < -0.3 is 4.74 Å². The Morgan fingerprint density at radius 3 is 2.54 bits per heavy atom. The lowest BCUT2D eigenvalue weighted by molar-refractivity contribution is -0.119. The number of rotatable bonds is 9. The quantitative estimate of drug-likeness (QED) is 0.540. The van der Waals surface area contributed by atoms with Gasteiger partial charge in [-0.3, -0.25) is 4.79 Å². The summed E-state index contributed by atoms with van der Waals surface area (Å²) < 4.78 is 4.91. The van der Waals surface area contributed by atoms with Gasteiger partial charge in [-0.1, -0.05) is 0 Å². The van der Waals surface area contributed by atoms with E-state index in [4.69, 9.17) is 4.74 Å². The van der Waals surface area contributed by atoms with Crippen LogP contribution in [0.15, 0.2) is 0 Å². The standard InChI is InChI=1S/C10H20O2S/c1-12-8-4-3-6-10(11)7-5-9-13-2/h3-9H2,1-2H3. The smallest absolute Gasteiger partial charge is 0.132 e. The molecule has 0 aromatic heterocycles. The number of unbranched alkanes of at least 4 members (excludes halogenated alkanes) is 1. The van der Waals surface area contributed by atoms with Gasteiger partial charge in [-0.05, 0) is 31.3 Å². The Morgan fingerprint density at radius 2 is 1.92 bits per heavy atom. The van der Waals surface area contributed by atoms with E-state index < -0.39 is 0 Å². The molecule has 0 bridgehead atoms. The highest BCUT2D eigenvalue weighted by Gasteiger charge is 2.00. The molecular weight excluding hydrogens is 184 g/mol. The number of thioether (sulfide) groups is 1. The Kier molecular flexibility index (Phi) is 10.0. The Morgan fingerprint density at radius 1 is 1.23 bits per heavy atom. The van der Waals surface area contributed by atoms with Crippen molar-refractivity contribution >= 4 is 17.5 Å². The van der Waals surface area contributed by atoms with E-state index in [0.717, 1.165) is 44.5 Å². The van der Waals surface area contributed by atoms with Gasteiger partial charge in [-0.2, -0.15) is 11.8 Å². The Balaban J connectivity index is 3.11. The van der Waals surface area contributed by atoms with E-state index >= 15 is 0 Å². The average Bonchev–Trinajstić information content (AvgIpc) is 2.13. The van der Waals surface area contributed by atoms with Crippen LogP contribution in [0.5, 0.6) is 0 Å². The van der Waals surface area contributed by atoms with Crippen LogP contribution in [0.4, 0.5) is 0 Å². The molecule has 0 radical (unpaired) electrons. The summed E-state index contributed by atoms with van der Waals surface area (Å²) in [5.41, 5.74) is 0. The number of Topliss-reactive ketones (excluding diaryl/α,β-unsaturated/α-hetero) is 1. The first-order valence-electron chi connectivity index (χ1n) is 4.81. The maximum atomic E-state index is 11.2. The summed E-state index contributed by atoms with van der Waals surface area (Å²) >= 11 is 1.80. The van der Waals surface area contributed by atoms with Crippen LogP contribution < -0.4 is 0 Å². The number of hydrogen-bond donors (Lipinski definition) is 0. The molecule has 0 N–H and O–H groups in total. The number of carbonyl (C=O) groups is 1. The van der Waals surface area contributed by atoms with E-state index in [0.29, 0.717) is 5.78 Å². The molecule has 0 aromatic carbocycles. The van der Waals surface area contributed by atoms with Crippen LogP contribution in [-0.4, -0.2) is 31.5 Å². The fourth-order valence-electron chi connectivity index (χ4n) is 1.11. The molecule has 0 aromatic rings. The molecule has 0 heterocycles. The summed E-state index contributed by atoms with van der Waals surface area (Å²) in [6.07, 6.45) is 6.58. The third kappa shape index (κ3) is 9.90. The number of ketones is 1. The highest BCUT2D eigenvalue weighted by molar-refractivity contribution is 7.98. The second-order valence-electron chi connectivity index (χ2n) is 3.08. The van der Waals surface area contributed by atoms with Gasteiger partial charge in [0.25, 0.3) is 0 Å². The maximum absolute atomic E-state index is 11.2. The SMILES string of the molecule is COCCCCC(=O)CCCSC. The molecule has 0 unspecified atom stereocenters. The van der Waals surface area contributed by atoms with Crippen LogP contribution in [0.3, 0.4) is 0 Å². The molecule has 0 saturated heterocycles. The van der Waals surface area contributed by atoms with Crippen LogP contribution in [0.25, 0.3) is 0 Å². The van der Waals surface area contributed by atoms with Crippen molar-refractivity contribution in [2.75, 3.05) is 25.7 Å².